The van der Waals surface area contributed by atoms with E-state index in [4.69, 9.17) is 5.73 Å². The van der Waals surface area contributed by atoms with Gasteiger partial charge in [0.2, 0.25) is 5.95 Å². The first kappa shape index (κ1) is 13.3. The standard InChI is InChI=1S/C17H13N5O/c18-17-20-15-14(16(23)22(17)13-9-5-2-6-10-13)19-11-21(15)12-7-3-1-4-8-12/h1-11H,(H2,18,20). The first-order chi connectivity index (χ1) is 11.3. The highest BCUT2D eigenvalue weighted by Gasteiger charge is 2.15. The van der Waals surface area contributed by atoms with E-state index in [1.54, 1.807) is 23.0 Å². The van der Waals surface area contributed by atoms with Crippen molar-refractivity contribution in [1.82, 2.24) is 19.1 Å². The highest BCUT2D eigenvalue weighted by Crippen LogP contribution is 2.17. The third-order valence-corrected chi connectivity index (χ3v) is 3.65. The first-order valence-electron chi connectivity index (χ1n) is 7.12. The normalized spacial score (nSPS) is 11.0. The van der Waals surface area contributed by atoms with E-state index >= 15 is 0 Å². The van der Waals surface area contributed by atoms with Crippen molar-refractivity contribution in [2.75, 3.05) is 5.73 Å². The van der Waals surface area contributed by atoms with Crippen LogP contribution in [-0.2, 0) is 0 Å². The van der Waals surface area contributed by atoms with Gasteiger partial charge < -0.3 is 5.73 Å². The zero-order valence-corrected chi connectivity index (χ0v) is 12.1. The lowest BCUT2D eigenvalue weighted by atomic mass is 10.3. The number of hydrogen-bond acceptors (Lipinski definition) is 4. The van der Waals surface area contributed by atoms with Crippen molar-refractivity contribution in [2.45, 2.75) is 0 Å². The van der Waals surface area contributed by atoms with Crippen LogP contribution in [0.15, 0.2) is 71.8 Å². The van der Waals surface area contributed by atoms with Crippen molar-refractivity contribution >= 4 is 17.1 Å². The summed E-state index contributed by atoms with van der Waals surface area (Å²) >= 11 is 0. The Morgan fingerprint density at radius 1 is 0.870 bits per heavy atom. The van der Waals surface area contributed by atoms with E-state index in [-0.39, 0.29) is 17.0 Å². The average Bonchev–Trinajstić information content (AvgIpc) is 3.00. The number of imidazole rings is 1. The molecule has 0 bridgehead atoms. The molecule has 2 aromatic carbocycles. The molecule has 2 aromatic heterocycles. The molecular formula is C17H13N5O. The van der Waals surface area contributed by atoms with Gasteiger partial charge in [-0.05, 0) is 24.3 Å². The zero-order valence-electron chi connectivity index (χ0n) is 12.1. The molecule has 4 rings (SSSR count). The number of nitrogen functional groups attached to an aromatic ring is 1. The molecule has 0 aliphatic heterocycles. The quantitative estimate of drug-likeness (QED) is 0.615. The highest BCUT2D eigenvalue weighted by atomic mass is 16.1. The predicted molar refractivity (Wildman–Crippen MR) is 88.9 cm³/mol. The van der Waals surface area contributed by atoms with Gasteiger partial charge in [-0.3, -0.25) is 9.36 Å². The van der Waals surface area contributed by atoms with Crippen LogP contribution in [-0.4, -0.2) is 19.1 Å². The smallest absolute Gasteiger partial charge is 0.287 e. The molecule has 6 nitrogen and oxygen atoms in total. The van der Waals surface area contributed by atoms with E-state index in [9.17, 15) is 4.79 Å². The third-order valence-electron chi connectivity index (χ3n) is 3.65. The Hall–Kier alpha value is -3.41. The van der Waals surface area contributed by atoms with Gasteiger partial charge in [-0.15, -0.1) is 0 Å². The average molecular weight is 303 g/mol. The molecule has 0 saturated carbocycles. The summed E-state index contributed by atoms with van der Waals surface area (Å²) < 4.78 is 3.12. The topological polar surface area (TPSA) is 78.7 Å². The fourth-order valence-electron chi connectivity index (χ4n) is 2.57. The molecule has 0 aliphatic carbocycles. The van der Waals surface area contributed by atoms with Crippen LogP contribution in [0, 0.1) is 0 Å². The van der Waals surface area contributed by atoms with Gasteiger partial charge in [0.15, 0.2) is 11.2 Å². The minimum Gasteiger partial charge on any atom is -0.369 e. The van der Waals surface area contributed by atoms with Crippen molar-refractivity contribution < 1.29 is 0 Å². The van der Waals surface area contributed by atoms with Crippen LogP contribution < -0.4 is 11.3 Å². The van der Waals surface area contributed by atoms with Crippen molar-refractivity contribution in [2.24, 2.45) is 0 Å². The first-order valence-corrected chi connectivity index (χ1v) is 7.12. The number of rotatable bonds is 2. The van der Waals surface area contributed by atoms with Crippen LogP contribution in [0.5, 0.6) is 0 Å². The molecule has 0 unspecified atom stereocenters. The summed E-state index contributed by atoms with van der Waals surface area (Å²) in [6.45, 7) is 0. The Labute approximate surface area is 131 Å². The summed E-state index contributed by atoms with van der Waals surface area (Å²) in [6, 6.07) is 18.8. The van der Waals surface area contributed by atoms with E-state index in [1.807, 2.05) is 48.5 Å². The summed E-state index contributed by atoms with van der Waals surface area (Å²) in [4.78, 5) is 21.4. The fourth-order valence-corrected chi connectivity index (χ4v) is 2.57. The lowest BCUT2D eigenvalue weighted by molar-refractivity contribution is 0.968. The molecule has 2 heterocycles. The molecule has 2 N–H and O–H groups in total. The summed E-state index contributed by atoms with van der Waals surface area (Å²) in [7, 11) is 0. The van der Waals surface area contributed by atoms with Gasteiger partial charge >= 0.3 is 0 Å². The third kappa shape index (κ3) is 2.08. The molecule has 0 spiro atoms. The highest BCUT2D eigenvalue weighted by molar-refractivity contribution is 5.74. The number of nitrogens with zero attached hydrogens (tertiary/aromatic N) is 4. The van der Waals surface area contributed by atoms with Crippen molar-refractivity contribution in [1.29, 1.82) is 0 Å². The molecule has 6 heteroatoms. The largest absolute Gasteiger partial charge is 0.369 e. The van der Waals surface area contributed by atoms with E-state index in [0.29, 0.717) is 11.3 Å². The lowest BCUT2D eigenvalue weighted by Gasteiger charge is -2.09. The van der Waals surface area contributed by atoms with Gasteiger partial charge in [-0.1, -0.05) is 36.4 Å². The van der Waals surface area contributed by atoms with E-state index in [0.717, 1.165) is 5.69 Å². The number of hydrogen-bond donors (Lipinski definition) is 1. The van der Waals surface area contributed by atoms with Crippen LogP contribution in [0.4, 0.5) is 5.95 Å². The monoisotopic (exact) mass is 303 g/mol. The fraction of sp³-hybridized carbons (Fsp3) is 0. The Balaban J connectivity index is 2.00. The number of aromatic nitrogens is 4. The second-order valence-corrected chi connectivity index (χ2v) is 5.07. The van der Waals surface area contributed by atoms with Crippen LogP contribution in [0.25, 0.3) is 22.5 Å². The molecule has 23 heavy (non-hydrogen) atoms. The minimum atomic E-state index is -0.284. The summed E-state index contributed by atoms with van der Waals surface area (Å²) in [5.74, 6) is 0.131. The molecule has 0 saturated heterocycles. The Bertz CT molecular complexity index is 1040. The molecule has 0 amide bonds. The van der Waals surface area contributed by atoms with E-state index < -0.39 is 0 Å². The predicted octanol–water partition coefficient (Wildman–Crippen LogP) is 2.15. The maximum Gasteiger partial charge on any atom is 0.287 e. The molecule has 0 radical (unpaired) electrons. The Kier molecular flexibility index (Phi) is 2.94. The van der Waals surface area contributed by atoms with Gasteiger partial charge in [0, 0.05) is 5.69 Å². The maximum absolute atomic E-state index is 12.8. The van der Waals surface area contributed by atoms with E-state index in [2.05, 4.69) is 9.97 Å². The van der Waals surface area contributed by atoms with Crippen LogP contribution in [0.3, 0.4) is 0 Å². The molecule has 0 aliphatic rings. The number of anilines is 1. The van der Waals surface area contributed by atoms with Crippen LogP contribution >= 0.6 is 0 Å². The number of nitrogens with two attached hydrogens (primary N) is 1. The molecule has 0 atom stereocenters. The van der Waals surface area contributed by atoms with Gasteiger partial charge in [-0.25, -0.2) is 9.55 Å². The second kappa shape index (κ2) is 5.10. The van der Waals surface area contributed by atoms with Crippen LogP contribution in [0.2, 0.25) is 0 Å². The lowest BCUT2D eigenvalue weighted by Crippen LogP contribution is -2.23. The summed E-state index contributed by atoms with van der Waals surface area (Å²) in [5.41, 5.74) is 8.03. The molecule has 112 valence electrons. The summed E-state index contributed by atoms with van der Waals surface area (Å²) in [6.07, 6.45) is 1.59. The zero-order chi connectivity index (χ0) is 15.8. The number of fused-ring (bicyclic) bond motifs is 1. The van der Waals surface area contributed by atoms with Gasteiger partial charge in [-0.2, -0.15) is 4.98 Å². The molecular weight excluding hydrogens is 290 g/mol. The van der Waals surface area contributed by atoms with Gasteiger partial charge in [0.25, 0.3) is 5.56 Å². The van der Waals surface area contributed by atoms with Crippen molar-refractivity contribution in [3.8, 4) is 11.4 Å². The number of para-hydroxylation sites is 2. The van der Waals surface area contributed by atoms with Crippen LogP contribution in [0.1, 0.15) is 0 Å². The van der Waals surface area contributed by atoms with Gasteiger partial charge in [0.1, 0.15) is 6.33 Å². The SMILES string of the molecule is Nc1nc2c(ncn2-c2ccccc2)c(=O)n1-c1ccccc1. The second-order valence-electron chi connectivity index (χ2n) is 5.07. The van der Waals surface area contributed by atoms with Crippen molar-refractivity contribution in [3.05, 3.63) is 77.3 Å². The van der Waals surface area contributed by atoms with Gasteiger partial charge in [0.05, 0.1) is 5.69 Å². The summed E-state index contributed by atoms with van der Waals surface area (Å²) in [5, 5.41) is 0. The number of benzene rings is 2. The molecule has 4 aromatic rings. The maximum atomic E-state index is 12.8. The Morgan fingerprint density at radius 3 is 2.13 bits per heavy atom. The van der Waals surface area contributed by atoms with E-state index in [1.165, 1.54) is 4.57 Å². The minimum absolute atomic E-state index is 0.131. The van der Waals surface area contributed by atoms with Crippen molar-refractivity contribution in [3.63, 3.8) is 0 Å². The Morgan fingerprint density at radius 2 is 1.48 bits per heavy atom. The molecule has 0 fully saturated rings.